The highest BCUT2D eigenvalue weighted by atomic mass is 19.4. The van der Waals surface area contributed by atoms with E-state index in [0.29, 0.717) is 36.8 Å². The first-order valence-corrected chi connectivity index (χ1v) is 11.6. The number of halogens is 3. The maximum Gasteiger partial charge on any atom is 0.416 e. The Morgan fingerprint density at radius 2 is 1.89 bits per heavy atom. The van der Waals surface area contributed by atoms with Gasteiger partial charge in [0.15, 0.2) is 0 Å². The third-order valence-corrected chi connectivity index (χ3v) is 5.83. The molecule has 2 aromatic carbocycles. The van der Waals surface area contributed by atoms with Gasteiger partial charge in [-0.25, -0.2) is 4.79 Å². The van der Waals surface area contributed by atoms with Crippen molar-refractivity contribution in [2.75, 3.05) is 25.0 Å². The highest BCUT2D eigenvalue weighted by Crippen LogP contribution is 2.32. The Labute approximate surface area is 201 Å². The Morgan fingerprint density at radius 3 is 2.57 bits per heavy atom. The minimum atomic E-state index is -4.41. The number of nitrogens with one attached hydrogen (secondary N) is 1. The zero-order chi connectivity index (χ0) is 24.8. The van der Waals surface area contributed by atoms with Gasteiger partial charge in [-0.05, 0) is 67.8 Å². The minimum absolute atomic E-state index is 0.150. The van der Waals surface area contributed by atoms with Gasteiger partial charge >= 0.3 is 12.2 Å². The Hall–Kier alpha value is -3.56. The van der Waals surface area contributed by atoms with Gasteiger partial charge in [-0.15, -0.1) is 10.2 Å². The van der Waals surface area contributed by atoms with E-state index in [1.54, 1.807) is 17.0 Å². The average molecular weight is 489 g/mol. The van der Waals surface area contributed by atoms with Crippen molar-refractivity contribution in [1.29, 1.82) is 0 Å². The highest BCUT2D eigenvalue weighted by molar-refractivity contribution is 5.89. The van der Waals surface area contributed by atoms with Crippen molar-refractivity contribution in [3.8, 4) is 17.2 Å². The van der Waals surface area contributed by atoms with E-state index in [1.165, 1.54) is 12.1 Å². The van der Waals surface area contributed by atoms with E-state index in [9.17, 15) is 18.0 Å². The smallest absolute Gasteiger partial charge is 0.416 e. The van der Waals surface area contributed by atoms with Gasteiger partial charge in [0.25, 0.3) is 0 Å². The number of ether oxygens (including phenoxy) is 1. The summed E-state index contributed by atoms with van der Waals surface area (Å²) in [6.07, 6.45) is -0.830. The maximum absolute atomic E-state index is 12.8. The second-order valence-corrected chi connectivity index (χ2v) is 8.46. The molecule has 35 heavy (non-hydrogen) atoms. The number of anilines is 1. The summed E-state index contributed by atoms with van der Waals surface area (Å²) >= 11 is 0. The molecule has 1 saturated heterocycles. The molecule has 1 aliphatic rings. The number of urea groups is 1. The van der Waals surface area contributed by atoms with Gasteiger partial charge < -0.3 is 19.4 Å². The summed E-state index contributed by atoms with van der Waals surface area (Å²) in [5.74, 6) is 1.12. The van der Waals surface area contributed by atoms with Gasteiger partial charge in [-0.3, -0.25) is 0 Å². The topological polar surface area (TPSA) is 80.5 Å². The molecule has 0 aliphatic carbocycles. The molecular formula is C25H27F3N4O3. The van der Waals surface area contributed by atoms with Gasteiger partial charge in [0.2, 0.25) is 11.8 Å². The van der Waals surface area contributed by atoms with Crippen molar-refractivity contribution in [3.63, 3.8) is 0 Å². The van der Waals surface area contributed by atoms with E-state index in [2.05, 4.69) is 22.4 Å². The van der Waals surface area contributed by atoms with Crippen molar-refractivity contribution < 1.29 is 27.1 Å². The van der Waals surface area contributed by atoms with Crippen LogP contribution in [0.3, 0.4) is 0 Å². The second kappa shape index (κ2) is 10.8. The van der Waals surface area contributed by atoms with Gasteiger partial charge in [0, 0.05) is 24.3 Å². The molecule has 1 aliphatic heterocycles. The van der Waals surface area contributed by atoms with E-state index >= 15 is 0 Å². The molecule has 0 bridgehead atoms. The molecule has 0 saturated carbocycles. The molecule has 1 atom stereocenters. The fourth-order valence-corrected chi connectivity index (χ4v) is 3.85. The van der Waals surface area contributed by atoms with Crippen LogP contribution in [0.1, 0.15) is 50.0 Å². The standard InChI is InChI=1S/C25H27F3N4O3/c1-2-3-15-34-21-12-10-20(11-13-21)29-24(33)32-14-4-5-18(16-32)23-31-30-22(35-23)17-6-8-19(9-7-17)25(26,27)28/h6-13,18H,2-5,14-16H2,1H3,(H,29,33). The fraction of sp³-hybridized carbons (Fsp3) is 0.400. The zero-order valence-corrected chi connectivity index (χ0v) is 19.3. The average Bonchev–Trinajstić information content (AvgIpc) is 3.35. The Balaban J connectivity index is 1.35. The van der Waals surface area contributed by atoms with Crippen LogP contribution in [0.15, 0.2) is 52.9 Å². The van der Waals surface area contributed by atoms with Gasteiger partial charge in [-0.2, -0.15) is 13.2 Å². The number of carbonyl (C=O) groups is 1. The van der Waals surface area contributed by atoms with Crippen LogP contribution in [0.5, 0.6) is 5.75 Å². The van der Waals surface area contributed by atoms with Crippen LogP contribution in [0, 0.1) is 0 Å². The number of hydrogen-bond donors (Lipinski definition) is 1. The van der Waals surface area contributed by atoms with E-state index < -0.39 is 11.7 Å². The van der Waals surface area contributed by atoms with Crippen molar-refractivity contribution in [2.45, 2.75) is 44.7 Å². The number of amides is 2. The number of benzene rings is 2. The Kier molecular flexibility index (Phi) is 7.57. The molecule has 1 fully saturated rings. The molecular weight excluding hydrogens is 461 g/mol. The van der Waals surface area contributed by atoms with Crippen LogP contribution in [-0.2, 0) is 6.18 Å². The van der Waals surface area contributed by atoms with Crippen LogP contribution in [-0.4, -0.2) is 40.8 Å². The quantitative estimate of drug-likeness (QED) is 0.392. The van der Waals surface area contributed by atoms with Crippen molar-refractivity contribution in [1.82, 2.24) is 15.1 Å². The second-order valence-electron chi connectivity index (χ2n) is 8.46. The number of unbranched alkanes of at least 4 members (excludes halogenated alkanes) is 1. The number of aromatic nitrogens is 2. The maximum atomic E-state index is 12.8. The summed E-state index contributed by atoms with van der Waals surface area (Å²) < 4.78 is 49.8. The van der Waals surface area contributed by atoms with Crippen molar-refractivity contribution in [2.24, 2.45) is 0 Å². The van der Waals surface area contributed by atoms with Crippen LogP contribution < -0.4 is 10.1 Å². The number of rotatable bonds is 7. The third kappa shape index (κ3) is 6.32. The van der Waals surface area contributed by atoms with Crippen molar-refractivity contribution >= 4 is 11.7 Å². The summed E-state index contributed by atoms with van der Waals surface area (Å²) in [5, 5.41) is 11.0. The molecule has 186 valence electrons. The summed E-state index contributed by atoms with van der Waals surface area (Å²) in [6.45, 7) is 3.76. The highest BCUT2D eigenvalue weighted by Gasteiger charge is 2.31. The minimum Gasteiger partial charge on any atom is -0.494 e. The molecule has 7 nitrogen and oxygen atoms in total. The molecule has 0 spiro atoms. The third-order valence-electron chi connectivity index (χ3n) is 5.83. The number of hydrogen-bond acceptors (Lipinski definition) is 5. The summed E-state index contributed by atoms with van der Waals surface area (Å²) in [7, 11) is 0. The number of carbonyl (C=O) groups excluding carboxylic acids is 1. The normalized spacial score (nSPS) is 16.2. The molecule has 1 unspecified atom stereocenters. The van der Waals surface area contributed by atoms with Crippen LogP contribution >= 0.6 is 0 Å². The van der Waals surface area contributed by atoms with Crippen LogP contribution in [0.4, 0.5) is 23.7 Å². The van der Waals surface area contributed by atoms with Gasteiger partial charge in [0.05, 0.1) is 18.1 Å². The number of nitrogens with zero attached hydrogens (tertiary/aromatic N) is 3. The number of likely N-dealkylation sites (tertiary alicyclic amines) is 1. The first kappa shape index (κ1) is 24.6. The van der Waals surface area contributed by atoms with Crippen molar-refractivity contribution in [3.05, 3.63) is 60.0 Å². The molecule has 1 aromatic heterocycles. The number of piperidine rings is 1. The molecule has 2 heterocycles. The molecule has 2 amide bonds. The predicted molar refractivity (Wildman–Crippen MR) is 124 cm³/mol. The molecule has 4 rings (SSSR count). The SMILES string of the molecule is CCCCOc1ccc(NC(=O)N2CCCC(c3nnc(-c4ccc(C(F)(F)F)cc4)o3)C2)cc1. The zero-order valence-electron chi connectivity index (χ0n) is 19.3. The molecule has 0 radical (unpaired) electrons. The van der Waals surface area contributed by atoms with E-state index in [4.69, 9.17) is 9.15 Å². The number of alkyl halides is 3. The monoisotopic (exact) mass is 488 g/mol. The largest absolute Gasteiger partial charge is 0.494 e. The Morgan fingerprint density at radius 1 is 1.14 bits per heavy atom. The fourth-order valence-electron chi connectivity index (χ4n) is 3.85. The molecule has 1 N–H and O–H groups in total. The lowest BCUT2D eigenvalue weighted by Gasteiger charge is -2.31. The lowest BCUT2D eigenvalue weighted by atomic mass is 9.98. The molecule has 10 heteroatoms. The first-order valence-electron chi connectivity index (χ1n) is 11.6. The van der Waals surface area contributed by atoms with Crippen LogP contribution in [0.2, 0.25) is 0 Å². The predicted octanol–water partition coefficient (Wildman–Crippen LogP) is 6.35. The van der Waals surface area contributed by atoms with E-state index in [-0.39, 0.29) is 17.8 Å². The van der Waals surface area contributed by atoms with E-state index in [0.717, 1.165) is 43.6 Å². The lowest BCUT2D eigenvalue weighted by Crippen LogP contribution is -2.41. The molecule has 3 aromatic rings. The first-order chi connectivity index (χ1) is 16.8. The van der Waals surface area contributed by atoms with Gasteiger partial charge in [0.1, 0.15) is 5.75 Å². The Bertz CT molecular complexity index is 1110. The lowest BCUT2D eigenvalue weighted by molar-refractivity contribution is -0.137. The summed E-state index contributed by atoms with van der Waals surface area (Å²) in [5.41, 5.74) is 0.334. The van der Waals surface area contributed by atoms with Crippen LogP contribution in [0.25, 0.3) is 11.5 Å². The van der Waals surface area contributed by atoms with Gasteiger partial charge in [-0.1, -0.05) is 13.3 Å². The summed E-state index contributed by atoms with van der Waals surface area (Å²) in [6, 6.07) is 11.6. The summed E-state index contributed by atoms with van der Waals surface area (Å²) in [4.78, 5) is 14.5. The van der Waals surface area contributed by atoms with E-state index in [1.807, 2.05) is 12.1 Å².